The van der Waals surface area contributed by atoms with Gasteiger partial charge in [0.25, 0.3) is 0 Å². The summed E-state index contributed by atoms with van der Waals surface area (Å²) in [6.07, 6.45) is 2.93. The molecule has 1 aromatic rings. The van der Waals surface area contributed by atoms with Crippen LogP contribution in [-0.4, -0.2) is 12.1 Å². The highest BCUT2D eigenvalue weighted by molar-refractivity contribution is 5.66. The van der Waals surface area contributed by atoms with E-state index >= 15 is 0 Å². The Kier molecular flexibility index (Phi) is 2.76. The molecule has 0 saturated carbocycles. The van der Waals surface area contributed by atoms with Crippen LogP contribution in [0.3, 0.4) is 0 Å². The van der Waals surface area contributed by atoms with Crippen molar-refractivity contribution < 1.29 is 9.53 Å². The van der Waals surface area contributed by atoms with Gasteiger partial charge in [-0.05, 0) is 36.5 Å². The predicted octanol–water partition coefficient (Wildman–Crippen LogP) is 2.42. The number of fused-ring (bicyclic) bond motifs is 1. The molecule has 0 saturated heterocycles. The third-order valence-electron chi connectivity index (χ3n) is 3.01. The van der Waals surface area contributed by atoms with Crippen molar-refractivity contribution in [2.45, 2.75) is 39.2 Å². The molecule has 1 aromatic carbocycles. The first-order valence-electron chi connectivity index (χ1n) is 5.41. The van der Waals surface area contributed by atoms with Crippen LogP contribution in [-0.2, 0) is 22.4 Å². The lowest BCUT2D eigenvalue weighted by molar-refractivity contribution is -0.146. The third kappa shape index (κ3) is 2.20. The van der Waals surface area contributed by atoms with E-state index in [4.69, 9.17) is 4.74 Å². The van der Waals surface area contributed by atoms with E-state index in [1.165, 1.54) is 23.6 Å². The lowest BCUT2D eigenvalue weighted by Gasteiger charge is -2.25. The van der Waals surface area contributed by atoms with Gasteiger partial charge in [0.15, 0.2) is 0 Å². The summed E-state index contributed by atoms with van der Waals surface area (Å²) < 4.78 is 5.26. The molecule has 0 aliphatic heterocycles. The van der Waals surface area contributed by atoms with Crippen LogP contribution in [0.15, 0.2) is 18.2 Å². The fraction of sp³-hybridized carbons (Fsp3) is 0.462. The van der Waals surface area contributed by atoms with Gasteiger partial charge in [-0.2, -0.15) is 0 Å². The topological polar surface area (TPSA) is 26.3 Å². The van der Waals surface area contributed by atoms with E-state index in [9.17, 15) is 4.79 Å². The quantitative estimate of drug-likeness (QED) is 0.657. The summed E-state index contributed by atoms with van der Waals surface area (Å²) in [7, 11) is 0. The van der Waals surface area contributed by atoms with Gasteiger partial charge in [-0.25, -0.2) is 0 Å². The number of rotatable bonds is 1. The van der Waals surface area contributed by atoms with Crippen LogP contribution in [0, 0.1) is 6.92 Å². The average molecular weight is 204 g/mol. The standard InChI is InChI=1S/C13H16O2/c1-9-4-3-5-11-6-7-12(8-13(9)11)15-10(2)14/h3-5,12H,6-8H2,1-2H3. The number of hydrogen-bond donors (Lipinski definition) is 0. The third-order valence-corrected chi connectivity index (χ3v) is 3.01. The predicted molar refractivity (Wildman–Crippen MR) is 58.8 cm³/mol. The lowest BCUT2D eigenvalue weighted by Crippen LogP contribution is -2.25. The number of carbonyl (C=O) groups excluding carboxylic acids is 1. The summed E-state index contributed by atoms with van der Waals surface area (Å²) in [6.45, 7) is 3.60. The molecule has 0 amide bonds. The Labute approximate surface area is 90.3 Å². The summed E-state index contributed by atoms with van der Waals surface area (Å²) in [5, 5.41) is 0. The molecule has 0 fully saturated rings. The summed E-state index contributed by atoms with van der Waals surface area (Å²) in [5.41, 5.74) is 4.10. The number of carbonyl (C=O) groups is 1. The van der Waals surface area contributed by atoms with Gasteiger partial charge in [-0.3, -0.25) is 4.79 Å². The molecule has 2 heteroatoms. The van der Waals surface area contributed by atoms with Crippen molar-refractivity contribution in [1.82, 2.24) is 0 Å². The van der Waals surface area contributed by atoms with Gasteiger partial charge in [0.1, 0.15) is 6.10 Å². The summed E-state index contributed by atoms with van der Waals surface area (Å²) in [4.78, 5) is 10.9. The molecule has 1 atom stereocenters. The Bertz CT molecular complexity index is 382. The van der Waals surface area contributed by atoms with Gasteiger partial charge in [0.2, 0.25) is 0 Å². The van der Waals surface area contributed by atoms with Crippen molar-refractivity contribution in [2.75, 3.05) is 0 Å². The number of ether oxygens (including phenoxy) is 1. The number of benzene rings is 1. The highest BCUT2D eigenvalue weighted by Crippen LogP contribution is 2.25. The van der Waals surface area contributed by atoms with Crippen LogP contribution in [0.2, 0.25) is 0 Å². The zero-order valence-corrected chi connectivity index (χ0v) is 9.25. The Morgan fingerprint density at radius 1 is 1.47 bits per heavy atom. The maximum absolute atomic E-state index is 10.9. The number of aryl methyl sites for hydroxylation is 2. The van der Waals surface area contributed by atoms with Crippen molar-refractivity contribution in [2.24, 2.45) is 0 Å². The Hall–Kier alpha value is -1.31. The minimum absolute atomic E-state index is 0.0797. The first kappa shape index (κ1) is 10.2. The van der Waals surface area contributed by atoms with Crippen LogP contribution in [0.1, 0.15) is 30.0 Å². The molecule has 0 radical (unpaired) electrons. The highest BCUT2D eigenvalue weighted by atomic mass is 16.5. The molecule has 0 aromatic heterocycles. The SMILES string of the molecule is CC(=O)OC1CCc2cccc(C)c2C1. The maximum atomic E-state index is 10.9. The second kappa shape index (κ2) is 4.05. The monoisotopic (exact) mass is 204 g/mol. The molecule has 2 nitrogen and oxygen atoms in total. The molecule has 80 valence electrons. The van der Waals surface area contributed by atoms with Crippen molar-refractivity contribution >= 4 is 5.97 Å². The molecule has 15 heavy (non-hydrogen) atoms. The normalized spacial score (nSPS) is 19.5. The van der Waals surface area contributed by atoms with Crippen molar-refractivity contribution in [1.29, 1.82) is 0 Å². The van der Waals surface area contributed by atoms with Gasteiger partial charge in [-0.1, -0.05) is 18.2 Å². The number of esters is 1. The molecule has 1 unspecified atom stereocenters. The van der Waals surface area contributed by atoms with E-state index < -0.39 is 0 Å². The molecule has 2 rings (SSSR count). The van der Waals surface area contributed by atoms with Gasteiger partial charge >= 0.3 is 5.97 Å². The molecule has 1 aliphatic rings. The van der Waals surface area contributed by atoms with E-state index in [0.29, 0.717) is 0 Å². The van der Waals surface area contributed by atoms with Gasteiger partial charge in [0.05, 0.1) is 0 Å². The first-order chi connectivity index (χ1) is 7.16. The molecule has 0 heterocycles. The van der Waals surface area contributed by atoms with Crippen LogP contribution in [0.5, 0.6) is 0 Å². The molecule has 0 spiro atoms. The zero-order chi connectivity index (χ0) is 10.8. The van der Waals surface area contributed by atoms with E-state index in [1.807, 2.05) is 0 Å². The van der Waals surface area contributed by atoms with Crippen molar-refractivity contribution in [3.63, 3.8) is 0 Å². The average Bonchev–Trinajstić information content (AvgIpc) is 2.18. The number of hydrogen-bond acceptors (Lipinski definition) is 2. The lowest BCUT2D eigenvalue weighted by atomic mass is 9.87. The van der Waals surface area contributed by atoms with Crippen LogP contribution < -0.4 is 0 Å². The van der Waals surface area contributed by atoms with Gasteiger partial charge < -0.3 is 4.74 Å². The van der Waals surface area contributed by atoms with Crippen LogP contribution in [0.4, 0.5) is 0 Å². The largest absolute Gasteiger partial charge is 0.462 e. The fourth-order valence-electron chi connectivity index (χ4n) is 2.27. The second-order valence-corrected chi connectivity index (χ2v) is 4.19. The minimum Gasteiger partial charge on any atom is -0.462 e. The molecule has 1 aliphatic carbocycles. The Balaban J connectivity index is 2.18. The molecule has 0 N–H and O–H groups in total. The van der Waals surface area contributed by atoms with E-state index in [-0.39, 0.29) is 12.1 Å². The van der Waals surface area contributed by atoms with E-state index in [1.54, 1.807) is 0 Å². The Morgan fingerprint density at radius 3 is 3.00 bits per heavy atom. The minimum atomic E-state index is -0.169. The van der Waals surface area contributed by atoms with E-state index in [2.05, 4.69) is 25.1 Å². The first-order valence-corrected chi connectivity index (χ1v) is 5.41. The summed E-state index contributed by atoms with van der Waals surface area (Å²) >= 11 is 0. The van der Waals surface area contributed by atoms with Gasteiger partial charge in [-0.15, -0.1) is 0 Å². The van der Waals surface area contributed by atoms with Gasteiger partial charge in [0, 0.05) is 13.3 Å². The Morgan fingerprint density at radius 2 is 2.27 bits per heavy atom. The van der Waals surface area contributed by atoms with Crippen LogP contribution >= 0.6 is 0 Å². The highest BCUT2D eigenvalue weighted by Gasteiger charge is 2.21. The molecule has 0 bridgehead atoms. The molecular weight excluding hydrogens is 188 g/mol. The van der Waals surface area contributed by atoms with Crippen LogP contribution in [0.25, 0.3) is 0 Å². The summed E-state index contributed by atoms with van der Waals surface area (Å²) in [5.74, 6) is -0.169. The smallest absolute Gasteiger partial charge is 0.302 e. The second-order valence-electron chi connectivity index (χ2n) is 4.19. The van der Waals surface area contributed by atoms with Crippen molar-refractivity contribution in [3.8, 4) is 0 Å². The summed E-state index contributed by atoms with van der Waals surface area (Å²) in [6, 6.07) is 6.39. The molecular formula is C13H16O2. The fourth-order valence-corrected chi connectivity index (χ4v) is 2.27. The zero-order valence-electron chi connectivity index (χ0n) is 9.25. The van der Waals surface area contributed by atoms with E-state index in [0.717, 1.165) is 19.3 Å². The maximum Gasteiger partial charge on any atom is 0.302 e. The van der Waals surface area contributed by atoms with Crippen molar-refractivity contribution in [3.05, 3.63) is 34.9 Å².